The summed E-state index contributed by atoms with van der Waals surface area (Å²) < 4.78 is 31.8. The third-order valence-corrected chi connectivity index (χ3v) is 5.60. The minimum Gasteiger partial charge on any atom is -0.398 e. The molecule has 19 heavy (non-hydrogen) atoms. The Labute approximate surface area is 114 Å². The predicted molar refractivity (Wildman–Crippen MR) is 74.3 cm³/mol. The van der Waals surface area contributed by atoms with E-state index in [-0.39, 0.29) is 5.92 Å². The van der Waals surface area contributed by atoms with Crippen LogP contribution >= 0.6 is 0 Å². The number of nitrogens with two attached hydrogens (primary N) is 1. The molecule has 1 saturated heterocycles. The van der Waals surface area contributed by atoms with Crippen LogP contribution in [-0.4, -0.2) is 39.5 Å². The lowest BCUT2D eigenvalue weighted by Gasteiger charge is -2.18. The van der Waals surface area contributed by atoms with Crippen LogP contribution in [0.25, 0.3) is 0 Å². The van der Waals surface area contributed by atoms with Crippen molar-refractivity contribution < 1.29 is 13.2 Å². The van der Waals surface area contributed by atoms with Gasteiger partial charge in [0.25, 0.3) is 0 Å². The molecule has 2 N–H and O–H groups in total. The Morgan fingerprint density at radius 1 is 1.47 bits per heavy atom. The smallest absolute Gasteiger partial charge is 0.243 e. The first-order valence-corrected chi connectivity index (χ1v) is 7.75. The number of hydrogen-bond donors (Lipinski definition) is 1. The van der Waals surface area contributed by atoms with Gasteiger partial charge in [0.05, 0.1) is 11.5 Å². The van der Waals surface area contributed by atoms with Crippen LogP contribution in [0, 0.1) is 12.8 Å². The Bertz CT molecular complexity index is 557. The molecular formula is C13H20N2O3S. The Balaban J connectivity index is 2.26. The summed E-state index contributed by atoms with van der Waals surface area (Å²) in [6, 6.07) is 5.01. The highest BCUT2D eigenvalue weighted by molar-refractivity contribution is 7.89. The summed E-state index contributed by atoms with van der Waals surface area (Å²) in [6.45, 7) is 3.40. The molecule has 1 heterocycles. The molecule has 1 aliphatic rings. The summed E-state index contributed by atoms with van der Waals surface area (Å²) in [6.07, 6.45) is 0.842. The average molecular weight is 284 g/mol. The number of benzene rings is 1. The molecule has 1 aromatic rings. The molecule has 1 aromatic carbocycles. The second kappa shape index (κ2) is 5.48. The monoisotopic (exact) mass is 284 g/mol. The standard InChI is InChI=1S/C13H20N2O3S/c1-10-12(14)4-3-5-13(10)19(16,17)15-7-6-11(8-15)9-18-2/h3-5,11H,6-9,14H2,1-2H3. The van der Waals surface area contributed by atoms with Gasteiger partial charge in [-0.25, -0.2) is 8.42 Å². The predicted octanol–water partition coefficient (Wildman–Crippen LogP) is 1.23. The molecule has 106 valence electrons. The zero-order valence-corrected chi connectivity index (χ0v) is 12.1. The Morgan fingerprint density at radius 2 is 2.21 bits per heavy atom. The fraction of sp³-hybridized carbons (Fsp3) is 0.538. The van der Waals surface area contributed by atoms with Crippen LogP contribution in [0.1, 0.15) is 12.0 Å². The molecular weight excluding hydrogens is 264 g/mol. The van der Waals surface area contributed by atoms with Gasteiger partial charge in [0, 0.05) is 25.9 Å². The molecule has 1 fully saturated rings. The van der Waals surface area contributed by atoms with Crippen LogP contribution in [0.5, 0.6) is 0 Å². The molecule has 0 aliphatic carbocycles. The number of anilines is 1. The van der Waals surface area contributed by atoms with Gasteiger partial charge in [0.15, 0.2) is 0 Å². The van der Waals surface area contributed by atoms with Gasteiger partial charge in [-0.3, -0.25) is 0 Å². The number of hydrogen-bond acceptors (Lipinski definition) is 4. The van der Waals surface area contributed by atoms with Crippen molar-refractivity contribution in [2.24, 2.45) is 5.92 Å². The van der Waals surface area contributed by atoms with Crippen molar-refractivity contribution >= 4 is 15.7 Å². The summed E-state index contributed by atoms with van der Waals surface area (Å²) in [5.74, 6) is 0.279. The third kappa shape index (κ3) is 2.75. The molecule has 1 aliphatic heterocycles. The number of sulfonamides is 1. The number of nitrogen functional groups attached to an aromatic ring is 1. The van der Waals surface area contributed by atoms with E-state index >= 15 is 0 Å². The Morgan fingerprint density at radius 3 is 2.89 bits per heavy atom. The largest absolute Gasteiger partial charge is 0.398 e. The van der Waals surface area contributed by atoms with Gasteiger partial charge in [0.2, 0.25) is 10.0 Å². The maximum absolute atomic E-state index is 12.6. The zero-order valence-electron chi connectivity index (χ0n) is 11.3. The molecule has 6 heteroatoms. The summed E-state index contributed by atoms with van der Waals surface area (Å²) in [5, 5.41) is 0. The van der Waals surface area contributed by atoms with Gasteiger partial charge in [-0.05, 0) is 37.0 Å². The molecule has 1 unspecified atom stereocenters. The normalized spacial score (nSPS) is 20.8. The van der Waals surface area contributed by atoms with Crippen molar-refractivity contribution in [1.82, 2.24) is 4.31 Å². The molecule has 0 saturated carbocycles. The van der Waals surface area contributed by atoms with Gasteiger partial charge >= 0.3 is 0 Å². The second-order valence-electron chi connectivity index (χ2n) is 4.94. The second-order valence-corrected chi connectivity index (χ2v) is 6.85. The lowest BCUT2D eigenvalue weighted by molar-refractivity contribution is 0.157. The van der Waals surface area contributed by atoms with Gasteiger partial charge in [-0.1, -0.05) is 6.07 Å². The Kier molecular flexibility index (Phi) is 4.13. The number of ether oxygens (including phenoxy) is 1. The highest BCUT2D eigenvalue weighted by Crippen LogP contribution is 2.28. The van der Waals surface area contributed by atoms with E-state index in [4.69, 9.17) is 10.5 Å². The van der Waals surface area contributed by atoms with E-state index in [2.05, 4.69) is 0 Å². The molecule has 0 aromatic heterocycles. The quantitative estimate of drug-likeness (QED) is 0.844. The third-order valence-electron chi connectivity index (χ3n) is 3.59. The van der Waals surface area contributed by atoms with E-state index in [9.17, 15) is 8.42 Å². The maximum atomic E-state index is 12.6. The van der Waals surface area contributed by atoms with E-state index in [1.165, 1.54) is 4.31 Å². The van der Waals surface area contributed by atoms with Gasteiger partial charge < -0.3 is 10.5 Å². The topological polar surface area (TPSA) is 72.6 Å². The lowest BCUT2D eigenvalue weighted by Crippen LogP contribution is -2.30. The first-order chi connectivity index (χ1) is 8.96. The molecule has 0 spiro atoms. The van der Waals surface area contributed by atoms with Crippen LogP contribution in [0.2, 0.25) is 0 Å². The van der Waals surface area contributed by atoms with Crippen LogP contribution in [-0.2, 0) is 14.8 Å². The maximum Gasteiger partial charge on any atom is 0.243 e. The summed E-state index contributed by atoms with van der Waals surface area (Å²) >= 11 is 0. The fourth-order valence-corrected chi connectivity index (χ4v) is 4.22. The van der Waals surface area contributed by atoms with Crippen LogP contribution in [0.15, 0.2) is 23.1 Å². The first kappa shape index (κ1) is 14.3. The fourth-order valence-electron chi connectivity index (χ4n) is 2.44. The van der Waals surface area contributed by atoms with E-state index < -0.39 is 10.0 Å². The van der Waals surface area contributed by atoms with Gasteiger partial charge in [0.1, 0.15) is 0 Å². The highest BCUT2D eigenvalue weighted by Gasteiger charge is 2.33. The summed E-state index contributed by atoms with van der Waals surface area (Å²) in [5.41, 5.74) is 6.92. The van der Waals surface area contributed by atoms with Crippen LogP contribution in [0.4, 0.5) is 5.69 Å². The number of rotatable bonds is 4. The highest BCUT2D eigenvalue weighted by atomic mass is 32.2. The molecule has 2 rings (SSSR count). The van der Waals surface area contributed by atoms with E-state index in [1.54, 1.807) is 32.2 Å². The number of nitrogens with zero attached hydrogens (tertiary/aromatic N) is 1. The van der Waals surface area contributed by atoms with Gasteiger partial charge in [-0.2, -0.15) is 4.31 Å². The molecule has 1 atom stereocenters. The van der Waals surface area contributed by atoms with Crippen LogP contribution < -0.4 is 5.73 Å². The van der Waals surface area contributed by atoms with Crippen LogP contribution in [0.3, 0.4) is 0 Å². The number of methoxy groups -OCH3 is 1. The molecule has 5 nitrogen and oxygen atoms in total. The van der Waals surface area contributed by atoms with Crippen molar-refractivity contribution in [3.63, 3.8) is 0 Å². The van der Waals surface area contributed by atoms with E-state index in [0.717, 1.165) is 6.42 Å². The first-order valence-electron chi connectivity index (χ1n) is 6.31. The van der Waals surface area contributed by atoms with Crippen molar-refractivity contribution in [1.29, 1.82) is 0 Å². The molecule has 0 amide bonds. The van der Waals surface area contributed by atoms with Crippen molar-refractivity contribution in [2.75, 3.05) is 32.5 Å². The van der Waals surface area contributed by atoms with Gasteiger partial charge in [-0.15, -0.1) is 0 Å². The molecule has 0 radical (unpaired) electrons. The summed E-state index contributed by atoms with van der Waals surface area (Å²) in [7, 11) is -1.81. The van der Waals surface area contributed by atoms with E-state index in [1.807, 2.05) is 0 Å². The SMILES string of the molecule is COCC1CCN(S(=O)(=O)c2cccc(N)c2C)C1. The lowest BCUT2D eigenvalue weighted by atomic mass is 10.1. The summed E-state index contributed by atoms with van der Waals surface area (Å²) in [4.78, 5) is 0.311. The molecule has 0 bridgehead atoms. The average Bonchev–Trinajstić information content (AvgIpc) is 2.82. The minimum absolute atomic E-state index is 0.279. The van der Waals surface area contributed by atoms with Crippen molar-refractivity contribution in [2.45, 2.75) is 18.2 Å². The van der Waals surface area contributed by atoms with Crippen molar-refractivity contribution in [3.8, 4) is 0 Å². The minimum atomic E-state index is -3.45. The Hall–Kier alpha value is -1.11. The zero-order chi connectivity index (χ0) is 14.0. The van der Waals surface area contributed by atoms with E-state index in [0.29, 0.717) is 35.8 Å². The van der Waals surface area contributed by atoms with Crippen molar-refractivity contribution in [3.05, 3.63) is 23.8 Å².